The predicted molar refractivity (Wildman–Crippen MR) is 90.7 cm³/mol. The van der Waals surface area contributed by atoms with Gasteiger partial charge in [-0.3, -0.25) is 4.98 Å². The molecule has 0 aliphatic heterocycles. The van der Waals surface area contributed by atoms with Gasteiger partial charge in [0.1, 0.15) is 16.9 Å². The molecule has 0 radical (unpaired) electrons. The Morgan fingerprint density at radius 2 is 1.87 bits per heavy atom. The van der Waals surface area contributed by atoms with Gasteiger partial charge in [0.15, 0.2) is 0 Å². The van der Waals surface area contributed by atoms with E-state index in [4.69, 9.17) is 0 Å². The Hall–Kier alpha value is -2.71. The van der Waals surface area contributed by atoms with Crippen molar-refractivity contribution in [3.63, 3.8) is 0 Å². The first-order chi connectivity index (χ1) is 11.2. The minimum absolute atomic E-state index is 0.251. The number of hydrogen-bond acceptors (Lipinski definition) is 4. The van der Waals surface area contributed by atoms with Crippen LogP contribution in [-0.4, -0.2) is 4.98 Å². The number of halogens is 1. The molecule has 2 aromatic heterocycles. The molecule has 3 nitrogen and oxygen atoms in total. The van der Waals surface area contributed by atoms with E-state index < -0.39 is 0 Å². The van der Waals surface area contributed by atoms with Gasteiger partial charge in [-0.15, -0.1) is 11.3 Å². The van der Waals surface area contributed by atoms with Crippen molar-refractivity contribution in [2.75, 3.05) is 5.32 Å². The first-order valence-electron chi connectivity index (χ1n) is 7.11. The number of nitrogens with zero attached hydrogens (tertiary/aromatic N) is 2. The fourth-order valence-electron chi connectivity index (χ4n) is 2.34. The highest BCUT2D eigenvalue weighted by atomic mass is 32.1. The zero-order valence-electron chi connectivity index (χ0n) is 12.5. The van der Waals surface area contributed by atoms with E-state index in [2.05, 4.69) is 16.4 Å². The molecule has 0 fully saturated rings. The highest BCUT2D eigenvalue weighted by Gasteiger charge is 2.15. The summed E-state index contributed by atoms with van der Waals surface area (Å²) in [5.74, 6) is -0.251. The Morgan fingerprint density at radius 3 is 2.52 bits per heavy atom. The molecule has 0 saturated heterocycles. The molecule has 0 amide bonds. The number of nitrogens with one attached hydrogen (secondary N) is 1. The van der Waals surface area contributed by atoms with Crippen molar-refractivity contribution in [2.45, 2.75) is 13.5 Å². The van der Waals surface area contributed by atoms with Crippen molar-refractivity contribution < 1.29 is 4.39 Å². The maximum absolute atomic E-state index is 12.9. The molecule has 0 aliphatic rings. The lowest BCUT2D eigenvalue weighted by atomic mass is 10.1. The molecule has 114 valence electrons. The number of benzene rings is 1. The van der Waals surface area contributed by atoms with Gasteiger partial charge in [-0.05, 0) is 47.9 Å². The largest absolute Gasteiger partial charge is 0.372 e. The SMILES string of the molecule is Cc1c(-c2ccncc2)sc(NCc2ccc(F)cc2)c1C#N. The lowest BCUT2D eigenvalue weighted by Gasteiger charge is -2.04. The average Bonchev–Trinajstić information content (AvgIpc) is 2.91. The molecule has 1 N–H and O–H groups in total. The van der Waals surface area contributed by atoms with Crippen LogP contribution in [0, 0.1) is 24.1 Å². The molecule has 0 bridgehead atoms. The molecule has 3 rings (SSSR count). The lowest BCUT2D eigenvalue weighted by molar-refractivity contribution is 0.627. The second-order valence-corrected chi connectivity index (χ2v) is 6.11. The summed E-state index contributed by atoms with van der Waals surface area (Å²) in [6.07, 6.45) is 3.48. The molecule has 23 heavy (non-hydrogen) atoms. The number of anilines is 1. The van der Waals surface area contributed by atoms with Crippen molar-refractivity contribution in [1.29, 1.82) is 5.26 Å². The van der Waals surface area contributed by atoms with Crippen LogP contribution in [0.3, 0.4) is 0 Å². The third-order valence-corrected chi connectivity index (χ3v) is 4.87. The van der Waals surface area contributed by atoms with Gasteiger partial charge in [-0.1, -0.05) is 12.1 Å². The second-order valence-electron chi connectivity index (χ2n) is 5.09. The summed E-state index contributed by atoms with van der Waals surface area (Å²) in [6, 6.07) is 12.5. The van der Waals surface area contributed by atoms with Gasteiger partial charge >= 0.3 is 0 Å². The molecule has 5 heteroatoms. The number of aromatic nitrogens is 1. The number of rotatable bonds is 4. The standard InChI is InChI=1S/C18H14FN3S/c1-12-16(10-20)18(22-11-13-2-4-15(19)5-3-13)23-17(12)14-6-8-21-9-7-14/h2-9,22H,11H2,1H3. The summed E-state index contributed by atoms with van der Waals surface area (Å²) >= 11 is 1.55. The van der Waals surface area contributed by atoms with Gasteiger partial charge in [0.2, 0.25) is 0 Å². The van der Waals surface area contributed by atoms with Gasteiger partial charge in [-0.25, -0.2) is 4.39 Å². The van der Waals surface area contributed by atoms with E-state index in [0.717, 1.165) is 26.6 Å². The fraction of sp³-hybridized carbons (Fsp3) is 0.111. The summed E-state index contributed by atoms with van der Waals surface area (Å²) in [6.45, 7) is 2.50. The van der Waals surface area contributed by atoms with Gasteiger partial charge in [0.25, 0.3) is 0 Å². The predicted octanol–water partition coefficient (Wildman–Crippen LogP) is 4.74. The first kappa shape index (κ1) is 15.2. The quantitative estimate of drug-likeness (QED) is 0.754. The summed E-state index contributed by atoms with van der Waals surface area (Å²) < 4.78 is 12.9. The van der Waals surface area contributed by atoms with Gasteiger partial charge in [-0.2, -0.15) is 5.26 Å². The van der Waals surface area contributed by atoms with E-state index in [9.17, 15) is 9.65 Å². The minimum Gasteiger partial charge on any atom is -0.372 e. The van der Waals surface area contributed by atoms with Crippen LogP contribution in [0.5, 0.6) is 0 Å². The molecule has 0 spiro atoms. The van der Waals surface area contributed by atoms with Crippen molar-refractivity contribution >= 4 is 16.3 Å². The number of pyridine rings is 1. The van der Waals surface area contributed by atoms with Crippen molar-refractivity contribution in [3.8, 4) is 16.5 Å². The maximum atomic E-state index is 12.9. The monoisotopic (exact) mass is 323 g/mol. The molecule has 1 aromatic carbocycles. The lowest BCUT2D eigenvalue weighted by Crippen LogP contribution is -1.99. The molecule has 3 aromatic rings. The molecule has 0 aliphatic carbocycles. The zero-order valence-corrected chi connectivity index (χ0v) is 13.3. The van der Waals surface area contributed by atoms with Crippen molar-refractivity contribution in [2.24, 2.45) is 0 Å². The molecule has 0 saturated carbocycles. The smallest absolute Gasteiger partial charge is 0.123 e. The van der Waals surface area contributed by atoms with Crippen molar-refractivity contribution in [3.05, 3.63) is 71.3 Å². The fourth-order valence-corrected chi connectivity index (χ4v) is 3.49. The Labute approximate surface area is 138 Å². The maximum Gasteiger partial charge on any atom is 0.123 e. The molecule has 2 heterocycles. The Kier molecular flexibility index (Phi) is 4.35. The van der Waals surface area contributed by atoms with Crippen LogP contribution in [0.2, 0.25) is 0 Å². The summed E-state index contributed by atoms with van der Waals surface area (Å²) in [4.78, 5) is 5.09. The van der Waals surface area contributed by atoms with Gasteiger partial charge < -0.3 is 5.32 Å². The number of hydrogen-bond donors (Lipinski definition) is 1. The van der Waals surface area contributed by atoms with E-state index in [1.165, 1.54) is 12.1 Å². The van der Waals surface area contributed by atoms with Crippen LogP contribution < -0.4 is 5.32 Å². The van der Waals surface area contributed by atoms with E-state index in [0.29, 0.717) is 12.1 Å². The second kappa shape index (κ2) is 6.59. The highest BCUT2D eigenvalue weighted by Crippen LogP contribution is 2.39. The van der Waals surface area contributed by atoms with Crippen LogP contribution in [-0.2, 0) is 6.54 Å². The normalized spacial score (nSPS) is 10.3. The number of thiophene rings is 1. The molecule has 0 unspecified atom stereocenters. The van der Waals surface area contributed by atoms with E-state index in [1.807, 2.05) is 19.1 Å². The molecular formula is C18H14FN3S. The highest BCUT2D eigenvalue weighted by molar-refractivity contribution is 7.19. The van der Waals surface area contributed by atoms with Gasteiger partial charge in [0, 0.05) is 23.8 Å². The summed E-state index contributed by atoms with van der Waals surface area (Å²) in [7, 11) is 0. The zero-order chi connectivity index (χ0) is 16.2. The van der Waals surface area contributed by atoms with Crippen LogP contribution >= 0.6 is 11.3 Å². The van der Waals surface area contributed by atoms with E-state index in [1.54, 1.807) is 35.9 Å². The summed E-state index contributed by atoms with van der Waals surface area (Å²) in [5, 5.41) is 13.6. The van der Waals surface area contributed by atoms with Crippen LogP contribution in [0.1, 0.15) is 16.7 Å². The average molecular weight is 323 g/mol. The van der Waals surface area contributed by atoms with E-state index in [-0.39, 0.29) is 5.82 Å². The van der Waals surface area contributed by atoms with Crippen molar-refractivity contribution in [1.82, 2.24) is 4.98 Å². The Balaban J connectivity index is 1.88. The Morgan fingerprint density at radius 1 is 1.17 bits per heavy atom. The first-order valence-corrected chi connectivity index (χ1v) is 7.93. The third kappa shape index (κ3) is 3.22. The molecule has 0 atom stereocenters. The van der Waals surface area contributed by atoms with Gasteiger partial charge in [0.05, 0.1) is 5.56 Å². The van der Waals surface area contributed by atoms with Crippen LogP contribution in [0.25, 0.3) is 10.4 Å². The topological polar surface area (TPSA) is 48.7 Å². The van der Waals surface area contributed by atoms with Crippen LogP contribution in [0.4, 0.5) is 9.39 Å². The molecular weight excluding hydrogens is 309 g/mol. The third-order valence-electron chi connectivity index (χ3n) is 3.57. The van der Waals surface area contributed by atoms with E-state index >= 15 is 0 Å². The minimum atomic E-state index is -0.251. The number of nitriles is 1. The van der Waals surface area contributed by atoms with Crippen LogP contribution in [0.15, 0.2) is 48.8 Å². The summed E-state index contributed by atoms with van der Waals surface area (Å²) in [5.41, 5.74) is 3.63. The Bertz CT molecular complexity index is 848.